The van der Waals surface area contributed by atoms with Crippen molar-refractivity contribution in [1.82, 2.24) is 0 Å². The van der Waals surface area contributed by atoms with Crippen molar-refractivity contribution in [2.75, 3.05) is 13.2 Å². The van der Waals surface area contributed by atoms with Crippen LogP contribution in [0.25, 0.3) is 0 Å². The van der Waals surface area contributed by atoms with E-state index in [0.29, 0.717) is 0 Å². The highest BCUT2D eigenvalue weighted by Gasteiger charge is 2.30. The van der Waals surface area contributed by atoms with Gasteiger partial charge < -0.3 is 30.3 Å². The fourth-order valence-corrected chi connectivity index (χ4v) is 0.996. The molecular weight excluding hydrogens is 232 g/mol. The number of aliphatic hydroxyl groups is 5. The monoisotopic (exact) mass is 252 g/mol. The van der Waals surface area contributed by atoms with Crippen molar-refractivity contribution in [3.63, 3.8) is 0 Å². The number of esters is 1. The maximum Gasteiger partial charge on any atom is 0.308 e. The van der Waals surface area contributed by atoms with Crippen LogP contribution in [0.3, 0.4) is 0 Å². The summed E-state index contributed by atoms with van der Waals surface area (Å²) in [5.74, 6) is -0.916. The Morgan fingerprint density at radius 3 is 1.94 bits per heavy atom. The summed E-state index contributed by atoms with van der Waals surface area (Å²) in [7, 11) is 0. The maximum atomic E-state index is 11.1. The third-order valence-electron chi connectivity index (χ3n) is 2.19. The topological polar surface area (TPSA) is 127 Å². The predicted molar refractivity (Wildman–Crippen MR) is 56.9 cm³/mol. The average molecular weight is 252 g/mol. The van der Waals surface area contributed by atoms with Gasteiger partial charge in [0, 0.05) is 0 Å². The summed E-state index contributed by atoms with van der Waals surface area (Å²) in [6.07, 6.45) is -6.53. The van der Waals surface area contributed by atoms with Crippen molar-refractivity contribution in [1.29, 1.82) is 0 Å². The standard InChI is InChI=1S/C10H20O7/c1-5(2)10(16)17-4-7(13)9(15)8(14)6(12)3-11/h5-9,11-15H,3-4H2,1-2H3/t6-,7+,8+,9+/m0/s1. The number of carbonyl (C=O) groups is 1. The first kappa shape index (κ1) is 16.3. The van der Waals surface area contributed by atoms with Crippen LogP contribution in [0.2, 0.25) is 0 Å². The molecule has 0 rings (SSSR count). The minimum atomic E-state index is -1.72. The Hall–Kier alpha value is -0.730. The molecule has 0 bridgehead atoms. The summed E-state index contributed by atoms with van der Waals surface area (Å²) in [4.78, 5) is 11.1. The molecule has 0 spiro atoms. The number of carbonyl (C=O) groups excluding carboxylic acids is 1. The van der Waals surface area contributed by atoms with Gasteiger partial charge in [-0.3, -0.25) is 4.79 Å². The van der Waals surface area contributed by atoms with Crippen LogP contribution < -0.4 is 0 Å². The van der Waals surface area contributed by atoms with E-state index in [-0.39, 0.29) is 5.92 Å². The lowest BCUT2D eigenvalue weighted by Gasteiger charge is -2.25. The summed E-state index contributed by atoms with van der Waals surface area (Å²) in [6.45, 7) is 1.97. The number of rotatable bonds is 7. The highest BCUT2D eigenvalue weighted by Crippen LogP contribution is 2.06. The Balaban J connectivity index is 4.13. The summed E-state index contributed by atoms with van der Waals surface area (Å²) >= 11 is 0. The third kappa shape index (κ3) is 5.42. The first-order valence-electron chi connectivity index (χ1n) is 5.31. The van der Waals surface area contributed by atoms with E-state index in [1.54, 1.807) is 13.8 Å². The van der Waals surface area contributed by atoms with E-state index in [0.717, 1.165) is 0 Å². The van der Waals surface area contributed by atoms with Crippen molar-refractivity contribution >= 4 is 5.97 Å². The molecule has 0 aromatic rings. The Morgan fingerprint density at radius 2 is 1.53 bits per heavy atom. The zero-order valence-electron chi connectivity index (χ0n) is 9.85. The summed E-state index contributed by atoms with van der Waals surface area (Å²) in [5, 5.41) is 45.6. The van der Waals surface area contributed by atoms with Crippen LogP contribution in [0, 0.1) is 5.92 Å². The molecule has 0 fully saturated rings. The number of hydrogen-bond acceptors (Lipinski definition) is 7. The fourth-order valence-electron chi connectivity index (χ4n) is 0.996. The first-order valence-corrected chi connectivity index (χ1v) is 5.31. The predicted octanol–water partition coefficient (Wildman–Crippen LogP) is -2.38. The van der Waals surface area contributed by atoms with E-state index in [9.17, 15) is 20.1 Å². The molecule has 0 amide bonds. The third-order valence-corrected chi connectivity index (χ3v) is 2.19. The fraction of sp³-hybridized carbons (Fsp3) is 0.900. The van der Waals surface area contributed by atoms with E-state index in [2.05, 4.69) is 4.74 Å². The van der Waals surface area contributed by atoms with Crippen molar-refractivity contribution in [2.45, 2.75) is 38.3 Å². The highest BCUT2D eigenvalue weighted by atomic mass is 16.5. The zero-order chi connectivity index (χ0) is 13.6. The number of ether oxygens (including phenoxy) is 1. The Kier molecular flexibility index (Phi) is 7.24. The molecule has 0 unspecified atom stereocenters. The zero-order valence-corrected chi connectivity index (χ0v) is 9.85. The van der Waals surface area contributed by atoms with E-state index in [1.165, 1.54) is 0 Å². The molecule has 4 atom stereocenters. The van der Waals surface area contributed by atoms with Gasteiger partial charge >= 0.3 is 5.97 Å². The smallest absolute Gasteiger partial charge is 0.308 e. The lowest BCUT2D eigenvalue weighted by atomic mass is 10.0. The Bertz CT molecular complexity index is 231. The van der Waals surface area contributed by atoms with Gasteiger partial charge in [-0.1, -0.05) is 13.8 Å². The minimum absolute atomic E-state index is 0.368. The Labute approximate surface area is 99.3 Å². The van der Waals surface area contributed by atoms with Gasteiger partial charge in [-0.05, 0) is 0 Å². The Morgan fingerprint density at radius 1 is 1.06 bits per heavy atom. The van der Waals surface area contributed by atoms with Crippen LogP contribution in [-0.4, -0.2) is 69.1 Å². The molecule has 0 heterocycles. The lowest BCUT2D eigenvalue weighted by Crippen LogP contribution is -2.47. The van der Waals surface area contributed by atoms with Gasteiger partial charge in [0.25, 0.3) is 0 Å². The molecular formula is C10H20O7. The first-order chi connectivity index (χ1) is 7.81. The van der Waals surface area contributed by atoms with Gasteiger partial charge in [-0.25, -0.2) is 0 Å². The maximum absolute atomic E-state index is 11.1. The minimum Gasteiger partial charge on any atom is -0.463 e. The molecule has 5 N–H and O–H groups in total. The normalized spacial score (nSPS) is 18.6. The molecule has 102 valence electrons. The second-order valence-corrected chi connectivity index (χ2v) is 4.08. The molecule has 7 nitrogen and oxygen atoms in total. The number of hydrogen-bond donors (Lipinski definition) is 5. The van der Waals surface area contributed by atoms with E-state index >= 15 is 0 Å². The van der Waals surface area contributed by atoms with Gasteiger partial charge in [0.05, 0.1) is 12.5 Å². The van der Waals surface area contributed by atoms with Crippen LogP contribution in [0.5, 0.6) is 0 Å². The van der Waals surface area contributed by atoms with Gasteiger partial charge in [0.1, 0.15) is 31.0 Å². The molecule has 0 aromatic heterocycles. The van der Waals surface area contributed by atoms with E-state index in [4.69, 9.17) is 10.2 Å². The lowest BCUT2D eigenvalue weighted by molar-refractivity contribution is -0.159. The van der Waals surface area contributed by atoms with Crippen LogP contribution in [0.15, 0.2) is 0 Å². The quantitative estimate of drug-likeness (QED) is 0.320. The van der Waals surface area contributed by atoms with Crippen LogP contribution in [0.1, 0.15) is 13.8 Å². The van der Waals surface area contributed by atoms with Gasteiger partial charge in [0.2, 0.25) is 0 Å². The second kappa shape index (κ2) is 7.57. The second-order valence-electron chi connectivity index (χ2n) is 4.08. The van der Waals surface area contributed by atoms with E-state index < -0.39 is 43.6 Å². The largest absolute Gasteiger partial charge is 0.463 e. The molecule has 0 aliphatic heterocycles. The van der Waals surface area contributed by atoms with Crippen LogP contribution in [-0.2, 0) is 9.53 Å². The summed E-state index contributed by atoms with van der Waals surface area (Å²) < 4.78 is 4.65. The molecule has 7 heteroatoms. The molecule has 0 saturated carbocycles. The van der Waals surface area contributed by atoms with Gasteiger partial charge in [-0.2, -0.15) is 0 Å². The SMILES string of the molecule is CC(C)C(=O)OC[C@@H](O)[C@@H](O)[C@H](O)[C@@H](O)CO. The molecule has 0 aliphatic carbocycles. The summed E-state index contributed by atoms with van der Waals surface area (Å²) in [5.41, 5.74) is 0. The summed E-state index contributed by atoms with van der Waals surface area (Å²) in [6, 6.07) is 0. The number of aliphatic hydroxyl groups excluding tert-OH is 5. The average Bonchev–Trinajstić information content (AvgIpc) is 2.32. The van der Waals surface area contributed by atoms with Crippen molar-refractivity contribution < 1.29 is 35.1 Å². The van der Waals surface area contributed by atoms with Gasteiger partial charge in [0.15, 0.2) is 0 Å². The highest BCUT2D eigenvalue weighted by molar-refractivity contribution is 5.71. The van der Waals surface area contributed by atoms with Gasteiger partial charge in [-0.15, -0.1) is 0 Å². The molecule has 0 saturated heterocycles. The van der Waals surface area contributed by atoms with Crippen LogP contribution >= 0.6 is 0 Å². The van der Waals surface area contributed by atoms with Crippen molar-refractivity contribution in [3.05, 3.63) is 0 Å². The molecule has 0 aliphatic rings. The molecule has 0 aromatic carbocycles. The van der Waals surface area contributed by atoms with Crippen molar-refractivity contribution in [2.24, 2.45) is 5.92 Å². The molecule has 0 radical (unpaired) electrons. The van der Waals surface area contributed by atoms with E-state index in [1.807, 2.05) is 0 Å². The van der Waals surface area contributed by atoms with Crippen molar-refractivity contribution in [3.8, 4) is 0 Å². The van der Waals surface area contributed by atoms with Crippen LogP contribution in [0.4, 0.5) is 0 Å². The molecule has 17 heavy (non-hydrogen) atoms.